The monoisotopic (exact) mass is 311 g/mol. The minimum atomic E-state index is -3.83. The summed E-state index contributed by atoms with van der Waals surface area (Å²) in [5.74, 6) is 0.459. The molecule has 7 nitrogen and oxygen atoms in total. The number of rotatable bonds is 4. The van der Waals surface area contributed by atoms with Gasteiger partial charge >= 0.3 is 0 Å². The SMILES string of the molecule is Cn1cnnc1CNS(=O)(=O)c1cc(C#N)ccc1Cl. The Morgan fingerprint density at radius 2 is 2.25 bits per heavy atom. The zero-order chi connectivity index (χ0) is 14.8. The molecule has 0 atom stereocenters. The van der Waals surface area contributed by atoms with Crippen molar-refractivity contribution in [2.45, 2.75) is 11.4 Å². The van der Waals surface area contributed by atoms with Crippen LogP contribution in [0.4, 0.5) is 0 Å². The molecule has 0 saturated carbocycles. The van der Waals surface area contributed by atoms with Crippen molar-refractivity contribution in [3.8, 4) is 6.07 Å². The summed E-state index contributed by atoms with van der Waals surface area (Å²) in [7, 11) is -2.13. The van der Waals surface area contributed by atoms with Gasteiger partial charge in [-0.2, -0.15) is 5.26 Å². The van der Waals surface area contributed by atoms with Crippen molar-refractivity contribution >= 4 is 21.6 Å². The predicted molar refractivity (Wildman–Crippen MR) is 71.2 cm³/mol. The van der Waals surface area contributed by atoms with E-state index in [9.17, 15) is 8.42 Å². The van der Waals surface area contributed by atoms with Gasteiger partial charge in [0.2, 0.25) is 10.0 Å². The Hall–Kier alpha value is -1.95. The van der Waals surface area contributed by atoms with E-state index < -0.39 is 10.0 Å². The summed E-state index contributed by atoms with van der Waals surface area (Å²) in [6, 6.07) is 5.91. The topological polar surface area (TPSA) is 101 Å². The second-order valence-electron chi connectivity index (χ2n) is 3.94. The summed E-state index contributed by atoms with van der Waals surface area (Å²) in [4.78, 5) is -0.139. The van der Waals surface area contributed by atoms with Crippen molar-refractivity contribution in [3.05, 3.63) is 40.9 Å². The van der Waals surface area contributed by atoms with E-state index in [1.165, 1.54) is 24.5 Å². The molecular weight excluding hydrogens is 302 g/mol. The van der Waals surface area contributed by atoms with Crippen LogP contribution in [0.5, 0.6) is 0 Å². The van der Waals surface area contributed by atoms with Crippen molar-refractivity contribution in [3.63, 3.8) is 0 Å². The summed E-state index contributed by atoms with van der Waals surface area (Å²) in [6.45, 7) is -0.0219. The number of nitrogens with zero attached hydrogens (tertiary/aromatic N) is 4. The van der Waals surface area contributed by atoms with Crippen LogP contribution >= 0.6 is 11.6 Å². The van der Waals surface area contributed by atoms with Gasteiger partial charge in [0.1, 0.15) is 17.0 Å². The molecule has 2 aromatic rings. The molecule has 0 fully saturated rings. The molecule has 0 bridgehead atoms. The van der Waals surface area contributed by atoms with Gasteiger partial charge in [-0.05, 0) is 18.2 Å². The minimum Gasteiger partial charge on any atom is -0.320 e. The van der Waals surface area contributed by atoms with Crippen LogP contribution in [0.2, 0.25) is 5.02 Å². The van der Waals surface area contributed by atoms with Crippen LogP contribution in [0.15, 0.2) is 29.4 Å². The van der Waals surface area contributed by atoms with Gasteiger partial charge in [0.15, 0.2) is 0 Å². The van der Waals surface area contributed by atoms with E-state index in [2.05, 4.69) is 14.9 Å². The summed E-state index contributed by atoms with van der Waals surface area (Å²) in [6.07, 6.45) is 1.47. The Labute approximate surface area is 120 Å². The molecule has 1 aromatic heterocycles. The third-order valence-electron chi connectivity index (χ3n) is 2.58. The number of aromatic nitrogens is 3. The number of hydrogen-bond acceptors (Lipinski definition) is 5. The molecular formula is C11H10ClN5O2S. The van der Waals surface area contributed by atoms with E-state index in [0.29, 0.717) is 5.82 Å². The average Bonchev–Trinajstić information content (AvgIpc) is 2.82. The van der Waals surface area contributed by atoms with Gasteiger partial charge in [-0.25, -0.2) is 13.1 Å². The zero-order valence-corrected chi connectivity index (χ0v) is 12.0. The molecule has 104 valence electrons. The molecule has 9 heteroatoms. The lowest BCUT2D eigenvalue weighted by atomic mass is 10.2. The van der Waals surface area contributed by atoms with Crippen molar-refractivity contribution in [2.75, 3.05) is 0 Å². The Morgan fingerprint density at radius 3 is 2.85 bits per heavy atom. The van der Waals surface area contributed by atoms with Crippen LogP contribution in [0.25, 0.3) is 0 Å². The lowest BCUT2D eigenvalue weighted by Gasteiger charge is -2.08. The molecule has 0 radical (unpaired) electrons. The molecule has 0 aliphatic heterocycles. The first-order valence-electron chi connectivity index (χ1n) is 5.46. The largest absolute Gasteiger partial charge is 0.320 e. The smallest absolute Gasteiger partial charge is 0.242 e. The number of aryl methyl sites for hydroxylation is 1. The Bertz CT molecular complexity index is 778. The van der Waals surface area contributed by atoms with Crippen LogP contribution in [-0.2, 0) is 23.6 Å². The molecule has 1 heterocycles. The molecule has 0 aliphatic carbocycles. The van der Waals surface area contributed by atoms with Crippen molar-refractivity contribution < 1.29 is 8.42 Å². The Balaban J connectivity index is 2.27. The third-order valence-corrected chi connectivity index (χ3v) is 4.46. The van der Waals surface area contributed by atoms with E-state index >= 15 is 0 Å². The highest BCUT2D eigenvalue weighted by molar-refractivity contribution is 7.89. The predicted octanol–water partition coefficient (Wildman–Crippen LogP) is 0.819. The van der Waals surface area contributed by atoms with Crippen LogP contribution in [0, 0.1) is 11.3 Å². The second kappa shape index (κ2) is 5.58. The molecule has 1 N–H and O–H groups in total. The van der Waals surface area contributed by atoms with Gasteiger partial charge in [-0.1, -0.05) is 11.6 Å². The van der Waals surface area contributed by atoms with Crippen molar-refractivity contribution in [1.82, 2.24) is 19.5 Å². The lowest BCUT2D eigenvalue weighted by molar-refractivity contribution is 0.577. The first-order chi connectivity index (χ1) is 9.44. The van der Waals surface area contributed by atoms with E-state index in [4.69, 9.17) is 16.9 Å². The highest BCUT2D eigenvalue weighted by atomic mass is 35.5. The van der Waals surface area contributed by atoms with E-state index in [0.717, 1.165) is 0 Å². The standard InChI is InChI=1S/C11H10ClN5O2S/c1-17-7-14-16-11(17)6-15-20(18,19)10-4-8(5-13)2-3-9(10)12/h2-4,7,15H,6H2,1H3. The van der Waals surface area contributed by atoms with Gasteiger partial charge in [0.25, 0.3) is 0 Å². The third kappa shape index (κ3) is 2.96. The van der Waals surface area contributed by atoms with Gasteiger partial charge in [-0.3, -0.25) is 0 Å². The van der Waals surface area contributed by atoms with Crippen molar-refractivity contribution in [2.24, 2.45) is 7.05 Å². The Kier molecular flexibility index (Phi) is 4.04. The van der Waals surface area contributed by atoms with Crippen molar-refractivity contribution in [1.29, 1.82) is 5.26 Å². The fourth-order valence-corrected chi connectivity index (χ4v) is 2.99. The molecule has 1 aromatic carbocycles. The molecule has 0 spiro atoms. The molecule has 20 heavy (non-hydrogen) atoms. The number of hydrogen-bond donors (Lipinski definition) is 1. The van der Waals surface area contributed by atoms with Gasteiger partial charge < -0.3 is 4.57 Å². The number of nitriles is 1. The normalized spacial score (nSPS) is 11.2. The summed E-state index contributed by atoms with van der Waals surface area (Å²) < 4.78 is 28.3. The first kappa shape index (κ1) is 14.5. The van der Waals surface area contributed by atoms with E-state index in [1.54, 1.807) is 11.6 Å². The van der Waals surface area contributed by atoms with Crippen LogP contribution < -0.4 is 4.72 Å². The number of benzene rings is 1. The maximum Gasteiger partial charge on any atom is 0.242 e. The second-order valence-corrected chi connectivity index (χ2v) is 6.08. The summed E-state index contributed by atoms with van der Waals surface area (Å²) >= 11 is 5.87. The average molecular weight is 312 g/mol. The number of nitrogens with one attached hydrogen (secondary N) is 1. The maximum atomic E-state index is 12.2. The van der Waals surface area contributed by atoms with Crippen LogP contribution in [0.3, 0.4) is 0 Å². The lowest BCUT2D eigenvalue weighted by Crippen LogP contribution is -2.25. The summed E-state index contributed by atoms with van der Waals surface area (Å²) in [5.41, 5.74) is 0.216. The fourth-order valence-electron chi connectivity index (χ4n) is 1.48. The van der Waals surface area contributed by atoms with Gasteiger partial charge in [0.05, 0.1) is 23.2 Å². The number of halogens is 1. The fraction of sp³-hybridized carbons (Fsp3) is 0.182. The summed E-state index contributed by atoms with van der Waals surface area (Å²) in [5, 5.41) is 16.3. The molecule has 0 amide bonds. The highest BCUT2D eigenvalue weighted by Crippen LogP contribution is 2.22. The van der Waals surface area contributed by atoms with E-state index in [1.807, 2.05) is 6.07 Å². The minimum absolute atomic E-state index is 0.0219. The first-order valence-corrected chi connectivity index (χ1v) is 7.32. The van der Waals surface area contributed by atoms with Crippen LogP contribution in [-0.4, -0.2) is 23.2 Å². The molecule has 2 rings (SSSR count). The van der Waals surface area contributed by atoms with Gasteiger partial charge in [0, 0.05) is 7.05 Å². The molecule has 0 aliphatic rings. The highest BCUT2D eigenvalue weighted by Gasteiger charge is 2.19. The zero-order valence-electron chi connectivity index (χ0n) is 10.4. The van der Waals surface area contributed by atoms with Gasteiger partial charge in [-0.15, -0.1) is 10.2 Å². The Morgan fingerprint density at radius 1 is 1.50 bits per heavy atom. The van der Waals surface area contributed by atoms with E-state index in [-0.39, 0.29) is 22.0 Å². The molecule has 0 unspecified atom stereocenters. The number of sulfonamides is 1. The quantitative estimate of drug-likeness (QED) is 0.900. The maximum absolute atomic E-state index is 12.2. The van der Waals surface area contributed by atoms with Crippen LogP contribution in [0.1, 0.15) is 11.4 Å². The molecule has 0 saturated heterocycles.